The highest BCUT2D eigenvalue weighted by molar-refractivity contribution is 6.03. The zero-order valence-electron chi connectivity index (χ0n) is 16.8. The second-order valence-electron chi connectivity index (χ2n) is 8.00. The van der Waals surface area contributed by atoms with E-state index in [0.717, 1.165) is 41.4 Å². The van der Waals surface area contributed by atoms with Crippen molar-refractivity contribution in [1.82, 2.24) is 9.55 Å². The molecule has 3 heterocycles. The molecule has 1 fully saturated rings. The predicted octanol–water partition coefficient (Wildman–Crippen LogP) is 3.88. The zero-order valence-corrected chi connectivity index (χ0v) is 16.8. The topological polar surface area (TPSA) is 67.2 Å². The van der Waals surface area contributed by atoms with E-state index in [0.29, 0.717) is 6.54 Å². The molecule has 6 heteroatoms. The maximum Gasteiger partial charge on any atom is 0.229 e. The Hall–Kier alpha value is -3.41. The zero-order chi connectivity index (χ0) is 20.5. The van der Waals surface area contributed by atoms with Crippen molar-refractivity contribution in [1.29, 1.82) is 0 Å². The summed E-state index contributed by atoms with van der Waals surface area (Å²) in [6.45, 7) is 1.43. The number of fused-ring (bicyclic) bond motifs is 1. The third-order valence-corrected chi connectivity index (χ3v) is 5.90. The summed E-state index contributed by atoms with van der Waals surface area (Å²) >= 11 is 0. The molecule has 1 saturated heterocycles. The van der Waals surface area contributed by atoms with Crippen molar-refractivity contribution in [3.8, 4) is 11.3 Å². The third kappa shape index (κ3) is 3.61. The lowest BCUT2D eigenvalue weighted by molar-refractivity contribution is -0.122. The van der Waals surface area contributed by atoms with Gasteiger partial charge in [-0.2, -0.15) is 0 Å². The normalized spacial score (nSPS) is 18.3. The van der Waals surface area contributed by atoms with Gasteiger partial charge >= 0.3 is 0 Å². The third-order valence-electron chi connectivity index (χ3n) is 5.90. The highest BCUT2D eigenvalue weighted by Gasteiger charge is 2.35. The summed E-state index contributed by atoms with van der Waals surface area (Å²) in [5.74, 6) is 0.638. The van der Waals surface area contributed by atoms with Crippen LogP contribution in [0.15, 0.2) is 60.8 Å². The van der Waals surface area contributed by atoms with Crippen LogP contribution in [-0.2, 0) is 22.6 Å². The van der Waals surface area contributed by atoms with Crippen molar-refractivity contribution < 1.29 is 9.59 Å². The Kier molecular flexibility index (Phi) is 4.83. The van der Waals surface area contributed by atoms with Gasteiger partial charge in [0.15, 0.2) is 0 Å². The fourth-order valence-corrected chi connectivity index (χ4v) is 4.29. The molecule has 1 atom stereocenters. The van der Waals surface area contributed by atoms with E-state index in [4.69, 9.17) is 4.98 Å². The van der Waals surface area contributed by atoms with E-state index in [-0.39, 0.29) is 24.2 Å². The number of aryl methyl sites for hydroxylation is 2. The molecule has 0 bridgehead atoms. The number of anilines is 2. The summed E-state index contributed by atoms with van der Waals surface area (Å²) in [5, 5.41) is 3.00. The highest BCUT2D eigenvalue weighted by atomic mass is 16.2. The summed E-state index contributed by atoms with van der Waals surface area (Å²) in [4.78, 5) is 31.7. The molecular weight excluding hydrogens is 376 g/mol. The van der Waals surface area contributed by atoms with Crippen LogP contribution in [0.5, 0.6) is 0 Å². The summed E-state index contributed by atoms with van der Waals surface area (Å²) in [6, 6.07) is 17.3. The van der Waals surface area contributed by atoms with E-state index >= 15 is 0 Å². The van der Waals surface area contributed by atoms with Gasteiger partial charge in [-0.1, -0.05) is 30.3 Å². The number of nitrogens with one attached hydrogen (secondary N) is 1. The molecule has 6 nitrogen and oxygen atoms in total. The molecule has 3 aromatic rings. The van der Waals surface area contributed by atoms with Gasteiger partial charge in [-0.25, -0.2) is 4.98 Å². The molecule has 2 aromatic carbocycles. The number of nitrogens with zero attached hydrogens (tertiary/aromatic N) is 3. The maximum absolute atomic E-state index is 12.8. The number of hydrogen-bond donors (Lipinski definition) is 1. The standard InChI is InChI=1S/C24H24N4O2/c29-23-14-18(15-28(23)20-9-2-1-3-10-20)24(30)25-19-8-6-7-17(13-19)21-16-27-12-5-4-11-22(27)26-21/h1-3,6-10,13,16,18H,4-5,11-12,14-15H2,(H,25,30). The molecule has 2 aliphatic heterocycles. The van der Waals surface area contributed by atoms with Crippen LogP contribution in [0.1, 0.15) is 25.1 Å². The number of carbonyl (C=O) groups excluding carboxylic acids is 2. The van der Waals surface area contributed by atoms with Gasteiger partial charge in [0.05, 0.1) is 11.6 Å². The monoisotopic (exact) mass is 400 g/mol. The van der Waals surface area contributed by atoms with E-state index in [1.807, 2.05) is 54.6 Å². The second-order valence-corrected chi connectivity index (χ2v) is 8.00. The van der Waals surface area contributed by atoms with Gasteiger partial charge in [-0.05, 0) is 37.1 Å². The number of benzene rings is 2. The van der Waals surface area contributed by atoms with Crippen LogP contribution in [0, 0.1) is 5.92 Å². The summed E-state index contributed by atoms with van der Waals surface area (Å²) in [6.07, 6.45) is 5.73. The Morgan fingerprint density at radius 2 is 1.93 bits per heavy atom. The van der Waals surface area contributed by atoms with Crippen molar-refractivity contribution in [3.63, 3.8) is 0 Å². The Morgan fingerprint density at radius 1 is 1.07 bits per heavy atom. The fourth-order valence-electron chi connectivity index (χ4n) is 4.29. The number of imidazole rings is 1. The second kappa shape index (κ2) is 7.78. The molecule has 0 saturated carbocycles. The number of aromatic nitrogens is 2. The largest absolute Gasteiger partial charge is 0.334 e. The summed E-state index contributed by atoms with van der Waals surface area (Å²) < 4.78 is 2.23. The molecule has 30 heavy (non-hydrogen) atoms. The Balaban J connectivity index is 1.29. The first-order chi connectivity index (χ1) is 14.7. The van der Waals surface area contributed by atoms with E-state index in [1.54, 1.807) is 4.90 Å². The quantitative estimate of drug-likeness (QED) is 0.723. The van der Waals surface area contributed by atoms with Crippen LogP contribution in [0.2, 0.25) is 0 Å². The summed E-state index contributed by atoms with van der Waals surface area (Å²) in [5.41, 5.74) is 3.50. The first kappa shape index (κ1) is 18.6. The molecule has 1 N–H and O–H groups in total. The van der Waals surface area contributed by atoms with Gasteiger partial charge in [0.25, 0.3) is 0 Å². The summed E-state index contributed by atoms with van der Waals surface area (Å²) in [7, 11) is 0. The first-order valence-corrected chi connectivity index (χ1v) is 10.5. The van der Waals surface area contributed by atoms with Gasteiger partial charge in [0, 0.05) is 49.1 Å². The number of rotatable bonds is 4. The molecule has 2 aliphatic rings. The van der Waals surface area contributed by atoms with Gasteiger partial charge in [-0.3, -0.25) is 9.59 Å². The molecule has 2 amide bonds. The van der Waals surface area contributed by atoms with Crippen molar-refractivity contribution in [2.45, 2.75) is 32.2 Å². The number of hydrogen-bond acceptors (Lipinski definition) is 3. The lowest BCUT2D eigenvalue weighted by Crippen LogP contribution is -2.28. The van der Waals surface area contributed by atoms with Crippen LogP contribution >= 0.6 is 0 Å². The van der Waals surface area contributed by atoms with Crippen molar-refractivity contribution in [2.24, 2.45) is 5.92 Å². The smallest absolute Gasteiger partial charge is 0.229 e. The minimum Gasteiger partial charge on any atom is -0.334 e. The Bertz CT molecular complexity index is 1070. The highest BCUT2D eigenvalue weighted by Crippen LogP contribution is 2.28. The molecule has 1 aromatic heterocycles. The molecule has 1 unspecified atom stereocenters. The van der Waals surface area contributed by atoms with Crippen LogP contribution in [0.4, 0.5) is 11.4 Å². The van der Waals surface area contributed by atoms with Crippen molar-refractivity contribution in [3.05, 3.63) is 66.6 Å². The molecule has 0 aliphatic carbocycles. The van der Waals surface area contributed by atoms with Gasteiger partial charge in [0.1, 0.15) is 5.82 Å². The SMILES string of the molecule is O=C(Nc1cccc(-c2cn3c(n2)CCCC3)c1)C1CC(=O)N(c2ccccc2)C1. The first-order valence-electron chi connectivity index (χ1n) is 10.5. The average molecular weight is 400 g/mol. The Morgan fingerprint density at radius 3 is 2.77 bits per heavy atom. The number of para-hydroxylation sites is 1. The van der Waals surface area contributed by atoms with Crippen molar-refractivity contribution >= 4 is 23.2 Å². The predicted molar refractivity (Wildman–Crippen MR) is 116 cm³/mol. The molecule has 152 valence electrons. The number of carbonyl (C=O) groups is 2. The maximum atomic E-state index is 12.8. The van der Waals surface area contributed by atoms with Crippen LogP contribution in [0.25, 0.3) is 11.3 Å². The van der Waals surface area contributed by atoms with Gasteiger partial charge < -0.3 is 14.8 Å². The minimum absolute atomic E-state index is 0.0151. The van der Waals surface area contributed by atoms with Gasteiger partial charge in [-0.15, -0.1) is 0 Å². The lowest BCUT2D eigenvalue weighted by atomic mass is 10.1. The molecule has 0 spiro atoms. The van der Waals surface area contributed by atoms with E-state index < -0.39 is 0 Å². The van der Waals surface area contributed by atoms with Crippen LogP contribution in [0.3, 0.4) is 0 Å². The lowest BCUT2D eigenvalue weighted by Gasteiger charge is -2.16. The fraction of sp³-hybridized carbons (Fsp3) is 0.292. The average Bonchev–Trinajstić information content (AvgIpc) is 3.38. The minimum atomic E-state index is -0.360. The van der Waals surface area contributed by atoms with E-state index in [1.165, 1.54) is 12.8 Å². The van der Waals surface area contributed by atoms with Crippen LogP contribution < -0.4 is 10.2 Å². The Labute approximate surface area is 175 Å². The molecular formula is C24H24N4O2. The number of amides is 2. The van der Waals surface area contributed by atoms with Crippen LogP contribution in [-0.4, -0.2) is 27.9 Å². The van der Waals surface area contributed by atoms with E-state index in [9.17, 15) is 9.59 Å². The van der Waals surface area contributed by atoms with E-state index in [2.05, 4.69) is 16.1 Å². The molecule has 5 rings (SSSR count). The molecule has 0 radical (unpaired) electrons. The van der Waals surface area contributed by atoms with Crippen molar-refractivity contribution in [2.75, 3.05) is 16.8 Å². The van der Waals surface area contributed by atoms with Gasteiger partial charge in [0.2, 0.25) is 11.8 Å².